The van der Waals surface area contributed by atoms with Crippen molar-refractivity contribution in [2.24, 2.45) is 0 Å². The lowest BCUT2D eigenvalue weighted by Crippen LogP contribution is -2.02. The first kappa shape index (κ1) is 6.78. The zero-order valence-corrected chi connectivity index (χ0v) is 6.27. The van der Waals surface area contributed by atoms with Crippen molar-refractivity contribution < 1.29 is 4.42 Å². The Kier molecular flexibility index (Phi) is 1.30. The van der Waals surface area contributed by atoms with Crippen LogP contribution in [0.3, 0.4) is 0 Å². The van der Waals surface area contributed by atoms with Crippen LogP contribution in [0.4, 0.5) is 11.8 Å². The van der Waals surface area contributed by atoms with Gasteiger partial charge in [-0.05, 0) is 6.07 Å². The van der Waals surface area contributed by atoms with Crippen LogP contribution in [0.25, 0.3) is 5.88 Å². The molecule has 2 aromatic rings. The van der Waals surface area contributed by atoms with Crippen molar-refractivity contribution >= 4 is 11.8 Å². The van der Waals surface area contributed by atoms with Gasteiger partial charge in [0, 0.05) is 6.07 Å². The van der Waals surface area contributed by atoms with Gasteiger partial charge in [-0.2, -0.15) is 0 Å². The summed E-state index contributed by atoms with van der Waals surface area (Å²) in [6.45, 7) is 0. The molecule has 0 aromatic carbocycles. The molecule has 0 fully saturated rings. The molecule has 0 aliphatic heterocycles. The average Bonchev–Trinajstić information content (AvgIpc) is 2.61. The SMILES string of the molecule is Nc1cnc(N)n1-c1ccco1. The molecule has 0 aliphatic rings. The summed E-state index contributed by atoms with van der Waals surface area (Å²) in [5.41, 5.74) is 11.1. The first-order valence-electron chi connectivity index (χ1n) is 3.41. The van der Waals surface area contributed by atoms with E-state index in [0.29, 0.717) is 17.7 Å². The van der Waals surface area contributed by atoms with E-state index in [1.54, 1.807) is 18.4 Å². The number of aromatic nitrogens is 2. The van der Waals surface area contributed by atoms with Crippen LogP contribution in [0.2, 0.25) is 0 Å². The molecule has 0 saturated heterocycles. The maximum atomic E-state index is 5.59. The van der Waals surface area contributed by atoms with E-state index < -0.39 is 0 Å². The fourth-order valence-corrected chi connectivity index (χ4v) is 1.02. The highest BCUT2D eigenvalue weighted by Crippen LogP contribution is 2.17. The highest BCUT2D eigenvalue weighted by molar-refractivity contribution is 5.45. The van der Waals surface area contributed by atoms with Crippen molar-refractivity contribution in [3.8, 4) is 5.88 Å². The van der Waals surface area contributed by atoms with Crippen molar-refractivity contribution in [3.63, 3.8) is 0 Å². The third-order valence-electron chi connectivity index (χ3n) is 1.54. The number of nitrogens with two attached hydrogens (primary N) is 2. The molecule has 0 saturated carbocycles. The van der Waals surface area contributed by atoms with Gasteiger partial charge < -0.3 is 15.9 Å². The minimum Gasteiger partial charge on any atom is -0.448 e. The predicted molar refractivity (Wildman–Crippen MR) is 44.7 cm³/mol. The third-order valence-corrected chi connectivity index (χ3v) is 1.54. The van der Waals surface area contributed by atoms with Gasteiger partial charge in [0.05, 0.1) is 12.5 Å². The molecule has 5 nitrogen and oxygen atoms in total. The van der Waals surface area contributed by atoms with E-state index >= 15 is 0 Å². The van der Waals surface area contributed by atoms with Gasteiger partial charge in [0.1, 0.15) is 5.82 Å². The summed E-state index contributed by atoms with van der Waals surface area (Å²) < 4.78 is 6.63. The van der Waals surface area contributed by atoms with Gasteiger partial charge in [0.15, 0.2) is 0 Å². The molecule has 0 amide bonds. The minimum atomic E-state index is 0.322. The standard InChI is InChI=1S/C7H8N4O/c8-5-4-10-7(9)11(5)6-2-1-3-12-6/h1-4H,8H2,(H2,9,10). The number of anilines is 2. The quantitative estimate of drug-likeness (QED) is 0.647. The fraction of sp³-hybridized carbons (Fsp3) is 0. The molecule has 2 rings (SSSR count). The van der Waals surface area contributed by atoms with E-state index in [4.69, 9.17) is 15.9 Å². The van der Waals surface area contributed by atoms with Crippen molar-refractivity contribution in [3.05, 3.63) is 24.6 Å². The summed E-state index contributed by atoms with van der Waals surface area (Å²) in [6.07, 6.45) is 3.03. The van der Waals surface area contributed by atoms with Gasteiger partial charge in [-0.3, -0.25) is 0 Å². The second kappa shape index (κ2) is 2.30. The van der Waals surface area contributed by atoms with Crippen LogP contribution in [0.1, 0.15) is 0 Å². The molecule has 0 aliphatic carbocycles. The van der Waals surface area contributed by atoms with Gasteiger partial charge in [0.2, 0.25) is 11.8 Å². The van der Waals surface area contributed by atoms with Crippen LogP contribution in [0.5, 0.6) is 0 Å². The summed E-state index contributed by atoms with van der Waals surface area (Å²) in [7, 11) is 0. The first-order valence-corrected chi connectivity index (χ1v) is 3.41. The number of rotatable bonds is 1. The lowest BCUT2D eigenvalue weighted by atomic mass is 10.6. The summed E-state index contributed by atoms with van der Waals surface area (Å²) in [5, 5.41) is 0. The maximum absolute atomic E-state index is 5.59. The first-order chi connectivity index (χ1) is 5.79. The van der Waals surface area contributed by atoms with E-state index in [9.17, 15) is 0 Å². The van der Waals surface area contributed by atoms with Crippen molar-refractivity contribution in [1.29, 1.82) is 0 Å². The Labute approximate surface area is 68.6 Å². The molecule has 12 heavy (non-hydrogen) atoms. The van der Waals surface area contributed by atoms with Crippen LogP contribution >= 0.6 is 0 Å². The lowest BCUT2D eigenvalue weighted by molar-refractivity contribution is 0.542. The Morgan fingerprint density at radius 3 is 2.75 bits per heavy atom. The molecule has 0 unspecified atom stereocenters. The Hall–Kier alpha value is -1.91. The third kappa shape index (κ3) is 0.833. The maximum Gasteiger partial charge on any atom is 0.208 e. The number of imidazole rings is 1. The zero-order valence-electron chi connectivity index (χ0n) is 6.27. The normalized spacial score (nSPS) is 10.3. The number of nitrogen functional groups attached to an aromatic ring is 2. The molecular formula is C7H8N4O. The molecule has 2 aromatic heterocycles. The summed E-state index contributed by atoms with van der Waals surface area (Å²) in [4.78, 5) is 3.83. The fourth-order valence-electron chi connectivity index (χ4n) is 1.02. The summed E-state index contributed by atoms with van der Waals surface area (Å²) >= 11 is 0. The van der Waals surface area contributed by atoms with Gasteiger partial charge in [-0.1, -0.05) is 0 Å². The Morgan fingerprint density at radius 1 is 1.42 bits per heavy atom. The zero-order chi connectivity index (χ0) is 8.55. The molecule has 0 bridgehead atoms. The van der Waals surface area contributed by atoms with Gasteiger partial charge in [0.25, 0.3) is 0 Å². The Bertz CT molecular complexity index is 357. The Morgan fingerprint density at radius 2 is 2.25 bits per heavy atom. The number of hydrogen-bond acceptors (Lipinski definition) is 4. The van der Waals surface area contributed by atoms with Crippen LogP contribution in [0.15, 0.2) is 29.0 Å². The number of nitrogens with zero attached hydrogens (tertiary/aromatic N) is 2. The molecule has 4 N–H and O–H groups in total. The summed E-state index contributed by atoms with van der Waals surface area (Å²) in [6, 6.07) is 3.52. The van der Waals surface area contributed by atoms with Crippen LogP contribution < -0.4 is 11.5 Å². The highest BCUT2D eigenvalue weighted by atomic mass is 16.3. The molecule has 0 spiro atoms. The lowest BCUT2D eigenvalue weighted by Gasteiger charge is -2.00. The number of furan rings is 1. The van der Waals surface area contributed by atoms with Gasteiger partial charge in [-0.25, -0.2) is 9.55 Å². The summed E-state index contributed by atoms with van der Waals surface area (Å²) in [5.74, 6) is 1.35. The second-order valence-corrected chi connectivity index (χ2v) is 2.33. The predicted octanol–water partition coefficient (Wildman–Crippen LogP) is 0.630. The molecule has 62 valence electrons. The average molecular weight is 164 g/mol. The van der Waals surface area contributed by atoms with E-state index in [0.717, 1.165) is 0 Å². The van der Waals surface area contributed by atoms with Gasteiger partial charge >= 0.3 is 0 Å². The van der Waals surface area contributed by atoms with Crippen molar-refractivity contribution in [1.82, 2.24) is 9.55 Å². The topological polar surface area (TPSA) is 83.0 Å². The molecular weight excluding hydrogens is 156 g/mol. The van der Waals surface area contributed by atoms with Crippen molar-refractivity contribution in [2.75, 3.05) is 11.5 Å². The Balaban J connectivity index is 2.60. The largest absolute Gasteiger partial charge is 0.448 e. The van der Waals surface area contributed by atoms with Gasteiger partial charge in [-0.15, -0.1) is 0 Å². The van der Waals surface area contributed by atoms with Crippen LogP contribution in [0, 0.1) is 0 Å². The number of hydrogen-bond donors (Lipinski definition) is 2. The highest BCUT2D eigenvalue weighted by Gasteiger charge is 2.07. The molecule has 5 heteroatoms. The molecule has 2 heterocycles. The van der Waals surface area contributed by atoms with E-state index in [1.165, 1.54) is 10.8 Å². The van der Waals surface area contributed by atoms with E-state index in [2.05, 4.69) is 4.98 Å². The second-order valence-electron chi connectivity index (χ2n) is 2.33. The van der Waals surface area contributed by atoms with E-state index in [1.807, 2.05) is 0 Å². The van der Waals surface area contributed by atoms with E-state index in [-0.39, 0.29) is 0 Å². The monoisotopic (exact) mass is 164 g/mol. The molecule has 0 atom stereocenters. The van der Waals surface area contributed by atoms with Crippen molar-refractivity contribution in [2.45, 2.75) is 0 Å². The minimum absolute atomic E-state index is 0.322. The molecule has 0 radical (unpaired) electrons. The van der Waals surface area contributed by atoms with Crippen LogP contribution in [-0.4, -0.2) is 9.55 Å². The smallest absolute Gasteiger partial charge is 0.208 e. The van der Waals surface area contributed by atoms with Crippen LogP contribution in [-0.2, 0) is 0 Å².